The first kappa shape index (κ1) is 20.6. The highest BCUT2D eigenvalue weighted by Crippen LogP contribution is 2.42. The summed E-state index contributed by atoms with van der Waals surface area (Å²) in [5.74, 6) is -0.768. The minimum atomic E-state index is -0.889. The number of allylic oxidation sites excluding steroid dienone is 2. The summed E-state index contributed by atoms with van der Waals surface area (Å²) >= 11 is 0. The Kier molecular flexibility index (Phi) is 6.37. The number of ether oxygens (including phenoxy) is 3. The molecule has 2 aromatic rings. The van der Waals surface area contributed by atoms with Crippen molar-refractivity contribution in [2.45, 2.75) is 26.2 Å². The van der Waals surface area contributed by atoms with E-state index in [1.54, 1.807) is 33.3 Å². The molecule has 1 aliphatic carbocycles. The molecule has 0 amide bonds. The SMILES string of the molecule is CCOC(=O)[C@H]1C(=O)C=C(c2cccc(C)c2)C[C@@H]1c1cc(OC)cc(OC)c1. The Labute approximate surface area is 171 Å². The van der Waals surface area contributed by atoms with Crippen LogP contribution in [0.5, 0.6) is 11.5 Å². The zero-order valence-corrected chi connectivity index (χ0v) is 17.2. The van der Waals surface area contributed by atoms with Crippen LogP contribution in [0.15, 0.2) is 48.5 Å². The Morgan fingerprint density at radius 3 is 2.34 bits per heavy atom. The van der Waals surface area contributed by atoms with Gasteiger partial charge in [0.1, 0.15) is 17.4 Å². The molecule has 0 heterocycles. The number of esters is 1. The molecule has 1 aliphatic rings. The summed E-state index contributed by atoms with van der Waals surface area (Å²) in [6.45, 7) is 3.98. The van der Waals surface area contributed by atoms with Crippen molar-refractivity contribution in [3.8, 4) is 11.5 Å². The van der Waals surface area contributed by atoms with Crippen molar-refractivity contribution in [1.29, 1.82) is 0 Å². The van der Waals surface area contributed by atoms with Crippen LogP contribution in [0.1, 0.15) is 36.0 Å². The molecule has 5 heteroatoms. The molecular formula is C24H26O5. The maximum Gasteiger partial charge on any atom is 0.317 e. The van der Waals surface area contributed by atoms with Crippen LogP contribution in [0.2, 0.25) is 0 Å². The van der Waals surface area contributed by atoms with E-state index in [4.69, 9.17) is 14.2 Å². The molecule has 0 aromatic heterocycles. The van der Waals surface area contributed by atoms with Crippen molar-refractivity contribution in [2.24, 2.45) is 5.92 Å². The number of ketones is 1. The lowest BCUT2D eigenvalue weighted by atomic mass is 9.73. The van der Waals surface area contributed by atoms with Crippen molar-refractivity contribution < 1.29 is 23.8 Å². The summed E-state index contributed by atoms with van der Waals surface area (Å²) in [6, 6.07) is 13.5. The van der Waals surface area contributed by atoms with Crippen LogP contribution in [0.25, 0.3) is 5.57 Å². The fourth-order valence-corrected chi connectivity index (χ4v) is 3.79. The lowest BCUT2D eigenvalue weighted by Gasteiger charge is -2.30. The number of hydrogen-bond acceptors (Lipinski definition) is 5. The van der Waals surface area contributed by atoms with Gasteiger partial charge >= 0.3 is 5.97 Å². The Morgan fingerprint density at radius 2 is 1.76 bits per heavy atom. The average Bonchev–Trinajstić information content (AvgIpc) is 2.72. The minimum absolute atomic E-state index is 0.227. The van der Waals surface area contributed by atoms with Gasteiger partial charge in [-0.25, -0.2) is 0 Å². The van der Waals surface area contributed by atoms with E-state index in [1.165, 1.54) is 0 Å². The van der Waals surface area contributed by atoms with Crippen molar-refractivity contribution in [3.63, 3.8) is 0 Å². The summed E-state index contributed by atoms with van der Waals surface area (Å²) in [5.41, 5.74) is 3.82. The fourth-order valence-electron chi connectivity index (χ4n) is 3.79. The third-order valence-electron chi connectivity index (χ3n) is 5.20. The molecular weight excluding hydrogens is 368 g/mol. The van der Waals surface area contributed by atoms with Crippen LogP contribution in [-0.2, 0) is 14.3 Å². The quantitative estimate of drug-likeness (QED) is 0.539. The highest BCUT2D eigenvalue weighted by atomic mass is 16.5. The van der Waals surface area contributed by atoms with Crippen LogP contribution in [0, 0.1) is 12.8 Å². The van der Waals surface area contributed by atoms with Gasteiger partial charge < -0.3 is 14.2 Å². The molecule has 5 nitrogen and oxygen atoms in total. The molecule has 2 aromatic carbocycles. The van der Waals surface area contributed by atoms with E-state index in [1.807, 2.05) is 43.3 Å². The Hall–Kier alpha value is -3.08. The highest BCUT2D eigenvalue weighted by molar-refractivity contribution is 6.10. The van der Waals surface area contributed by atoms with Crippen LogP contribution in [-0.4, -0.2) is 32.6 Å². The molecule has 3 rings (SSSR count). The van der Waals surface area contributed by atoms with Gasteiger partial charge in [0, 0.05) is 12.0 Å². The first-order valence-electron chi connectivity index (χ1n) is 9.67. The smallest absolute Gasteiger partial charge is 0.317 e. The highest BCUT2D eigenvalue weighted by Gasteiger charge is 2.40. The molecule has 0 bridgehead atoms. The Morgan fingerprint density at radius 1 is 1.07 bits per heavy atom. The summed E-state index contributed by atoms with van der Waals surface area (Å²) in [7, 11) is 3.15. The second-order valence-electron chi connectivity index (χ2n) is 7.13. The molecule has 0 fully saturated rings. The lowest BCUT2D eigenvalue weighted by Crippen LogP contribution is -2.34. The van der Waals surface area contributed by atoms with Crippen LogP contribution < -0.4 is 9.47 Å². The maximum atomic E-state index is 13.0. The van der Waals surface area contributed by atoms with Crippen LogP contribution in [0.3, 0.4) is 0 Å². The number of carbonyl (C=O) groups is 2. The Bertz CT molecular complexity index is 922. The largest absolute Gasteiger partial charge is 0.497 e. The van der Waals surface area contributed by atoms with E-state index in [0.717, 1.165) is 22.3 Å². The van der Waals surface area contributed by atoms with E-state index in [2.05, 4.69) is 0 Å². The summed E-state index contributed by atoms with van der Waals surface area (Å²) in [5, 5.41) is 0. The molecule has 0 N–H and O–H groups in total. The topological polar surface area (TPSA) is 61.8 Å². The normalized spacial score (nSPS) is 18.8. The standard InChI is InChI=1S/C24H26O5/c1-5-29-24(26)23-21(18-10-19(27-3)14-20(11-18)28-4)12-17(13-22(23)25)16-8-6-7-15(2)9-16/h6-11,13-14,21,23H,5,12H2,1-4H3/t21-,23-/m1/s1. The zero-order chi connectivity index (χ0) is 21.0. The van der Waals surface area contributed by atoms with Crippen molar-refractivity contribution in [1.82, 2.24) is 0 Å². The molecule has 0 unspecified atom stereocenters. The third-order valence-corrected chi connectivity index (χ3v) is 5.20. The predicted octanol–water partition coefficient (Wildman–Crippen LogP) is 4.33. The minimum Gasteiger partial charge on any atom is -0.497 e. The number of rotatable bonds is 6. The number of carbonyl (C=O) groups excluding carboxylic acids is 2. The van der Waals surface area contributed by atoms with E-state index in [0.29, 0.717) is 17.9 Å². The number of methoxy groups -OCH3 is 2. The van der Waals surface area contributed by atoms with Gasteiger partial charge in [0.15, 0.2) is 5.78 Å². The van der Waals surface area contributed by atoms with E-state index >= 15 is 0 Å². The molecule has 0 spiro atoms. The van der Waals surface area contributed by atoms with Crippen molar-refractivity contribution in [3.05, 3.63) is 65.2 Å². The third kappa shape index (κ3) is 4.50. The second kappa shape index (κ2) is 8.95. The lowest BCUT2D eigenvalue weighted by molar-refractivity contribution is -0.151. The zero-order valence-electron chi connectivity index (χ0n) is 17.2. The summed E-state index contributed by atoms with van der Waals surface area (Å²) < 4.78 is 16.0. The number of aryl methyl sites for hydroxylation is 1. The molecule has 0 aliphatic heterocycles. The molecule has 2 atom stereocenters. The molecule has 29 heavy (non-hydrogen) atoms. The molecule has 152 valence electrons. The van der Waals surface area contributed by atoms with Gasteiger partial charge in [-0.15, -0.1) is 0 Å². The Balaban J connectivity index is 2.09. The molecule has 0 saturated carbocycles. The molecule has 0 saturated heterocycles. The van der Waals surface area contributed by atoms with Crippen LogP contribution >= 0.6 is 0 Å². The van der Waals surface area contributed by atoms with Gasteiger partial charge in [-0.1, -0.05) is 29.8 Å². The summed E-state index contributed by atoms with van der Waals surface area (Å²) in [6.07, 6.45) is 2.12. The van der Waals surface area contributed by atoms with Crippen LogP contribution in [0.4, 0.5) is 0 Å². The van der Waals surface area contributed by atoms with Gasteiger partial charge in [-0.3, -0.25) is 9.59 Å². The summed E-state index contributed by atoms with van der Waals surface area (Å²) in [4.78, 5) is 25.7. The van der Waals surface area contributed by atoms with E-state index in [9.17, 15) is 9.59 Å². The first-order valence-corrected chi connectivity index (χ1v) is 9.67. The van der Waals surface area contributed by atoms with Gasteiger partial charge in [0.05, 0.1) is 20.8 Å². The van der Waals surface area contributed by atoms with Gasteiger partial charge in [-0.2, -0.15) is 0 Å². The second-order valence-corrected chi connectivity index (χ2v) is 7.13. The number of benzene rings is 2. The van der Waals surface area contributed by atoms with E-state index < -0.39 is 11.9 Å². The van der Waals surface area contributed by atoms with E-state index in [-0.39, 0.29) is 18.3 Å². The maximum absolute atomic E-state index is 13.0. The first-order chi connectivity index (χ1) is 14.0. The average molecular weight is 394 g/mol. The van der Waals surface area contributed by atoms with Gasteiger partial charge in [-0.05, 0) is 55.2 Å². The number of hydrogen-bond donors (Lipinski definition) is 0. The molecule has 0 radical (unpaired) electrons. The predicted molar refractivity (Wildman–Crippen MR) is 111 cm³/mol. The van der Waals surface area contributed by atoms with Gasteiger partial charge in [0.25, 0.3) is 0 Å². The fraction of sp³-hybridized carbons (Fsp3) is 0.333. The van der Waals surface area contributed by atoms with Gasteiger partial charge in [0.2, 0.25) is 0 Å². The monoisotopic (exact) mass is 394 g/mol. The van der Waals surface area contributed by atoms with Crippen molar-refractivity contribution >= 4 is 17.3 Å². The van der Waals surface area contributed by atoms with Crippen molar-refractivity contribution in [2.75, 3.05) is 20.8 Å².